The number of pyridine rings is 1. The van der Waals surface area contributed by atoms with E-state index in [1.165, 1.54) is 31.4 Å². The summed E-state index contributed by atoms with van der Waals surface area (Å²) in [7, 11) is 2.20. The number of rotatable bonds is 3. The van der Waals surface area contributed by atoms with E-state index in [1.54, 1.807) is 0 Å². The zero-order valence-corrected chi connectivity index (χ0v) is 11.0. The average Bonchev–Trinajstić information content (AvgIpc) is 2.30. The smallest absolute Gasteiger partial charge is 0.213 e. The normalized spacial score (nSPS) is 21.8. The van der Waals surface area contributed by atoms with Crippen LogP contribution >= 0.6 is 0 Å². The maximum absolute atomic E-state index is 5.56. The van der Waals surface area contributed by atoms with Crippen LogP contribution in [-0.4, -0.2) is 29.6 Å². The number of hydrogen-bond acceptors (Lipinski definition) is 3. The molecule has 0 unspecified atom stereocenters. The summed E-state index contributed by atoms with van der Waals surface area (Å²) in [4.78, 5) is 6.80. The van der Waals surface area contributed by atoms with Gasteiger partial charge in [-0.2, -0.15) is 0 Å². The summed E-state index contributed by atoms with van der Waals surface area (Å²) in [6, 6.07) is 4.67. The second-order valence-electron chi connectivity index (χ2n) is 5.09. The third-order valence-corrected chi connectivity index (χ3v) is 3.27. The molecule has 1 atom stereocenters. The van der Waals surface area contributed by atoms with Crippen molar-refractivity contribution in [2.45, 2.75) is 45.3 Å². The van der Waals surface area contributed by atoms with Gasteiger partial charge in [-0.25, -0.2) is 4.98 Å². The van der Waals surface area contributed by atoms with Crippen molar-refractivity contribution in [3.63, 3.8) is 0 Å². The van der Waals surface area contributed by atoms with Crippen molar-refractivity contribution in [3.8, 4) is 5.88 Å². The van der Waals surface area contributed by atoms with Gasteiger partial charge < -0.3 is 4.74 Å². The molecule has 0 amide bonds. The predicted octanol–water partition coefficient (Wildman–Crippen LogP) is 3.03. The van der Waals surface area contributed by atoms with E-state index in [0.717, 1.165) is 5.88 Å². The molecule has 0 N–H and O–H groups in total. The summed E-state index contributed by atoms with van der Waals surface area (Å²) in [5.41, 5.74) is 1.31. The topological polar surface area (TPSA) is 25.4 Å². The first-order valence-electron chi connectivity index (χ1n) is 6.49. The Morgan fingerprint density at radius 3 is 2.76 bits per heavy atom. The largest absolute Gasteiger partial charge is 0.475 e. The highest BCUT2D eigenvalue weighted by molar-refractivity contribution is 5.21. The van der Waals surface area contributed by atoms with E-state index >= 15 is 0 Å². The fourth-order valence-corrected chi connectivity index (χ4v) is 2.40. The van der Waals surface area contributed by atoms with Crippen molar-refractivity contribution >= 4 is 0 Å². The minimum Gasteiger partial charge on any atom is -0.475 e. The molecule has 1 saturated heterocycles. The second kappa shape index (κ2) is 5.50. The number of aromatic nitrogens is 1. The van der Waals surface area contributed by atoms with Crippen molar-refractivity contribution in [1.82, 2.24) is 9.88 Å². The molecule has 0 aromatic carbocycles. The Kier molecular flexibility index (Phi) is 4.00. The fraction of sp³-hybridized carbons (Fsp3) is 0.643. The number of nitrogens with zero attached hydrogens (tertiary/aromatic N) is 2. The Morgan fingerprint density at radius 1 is 1.35 bits per heavy atom. The van der Waals surface area contributed by atoms with Crippen LogP contribution in [0.2, 0.25) is 0 Å². The molecule has 1 aromatic rings. The van der Waals surface area contributed by atoms with Crippen LogP contribution in [-0.2, 0) is 0 Å². The van der Waals surface area contributed by atoms with Gasteiger partial charge in [-0.3, -0.25) is 4.90 Å². The van der Waals surface area contributed by atoms with Gasteiger partial charge in [-0.1, -0.05) is 12.5 Å². The monoisotopic (exact) mass is 234 g/mol. The second-order valence-corrected chi connectivity index (χ2v) is 5.09. The highest BCUT2D eigenvalue weighted by Gasteiger charge is 2.20. The van der Waals surface area contributed by atoms with Crippen molar-refractivity contribution in [2.24, 2.45) is 0 Å². The maximum atomic E-state index is 5.56. The Morgan fingerprint density at radius 2 is 2.18 bits per heavy atom. The van der Waals surface area contributed by atoms with Gasteiger partial charge in [0.05, 0.1) is 6.10 Å². The van der Waals surface area contributed by atoms with Crippen LogP contribution in [0, 0.1) is 0 Å². The zero-order chi connectivity index (χ0) is 12.3. The van der Waals surface area contributed by atoms with E-state index in [4.69, 9.17) is 4.74 Å². The highest BCUT2D eigenvalue weighted by Crippen LogP contribution is 2.29. The van der Waals surface area contributed by atoms with E-state index in [1.807, 2.05) is 26.1 Å². The Bertz CT molecular complexity index is 348. The van der Waals surface area contributed by atoms with Gasteiger partial charge in [-0.15, -0.1) is 0 Å². The standard InChI is InChI=1S/C14H22N2O/c1-11(2)17-14-8-7-12(10-15-14)13-6-4-5-9-16(13)3/h7-8,10-11,13H,4-6,9H2,1-3H3/t13-/m1/s1. The lowest BCUT2D eigenvalue weighted by molar-refractivity contribution is 0.186. The van der Waals surface area contributed by atoms with Gasteiger partial charge in [0.2, 0.25) is 5.88 Å². The lowest BCUT2D eigenvalue weighted by Crippen LogP contribution is -2.29. The van der Waals surface area contributed by atoms with E-state index in [-0.39, 0.29) is 6.10 Å². The molecule has 0 aliphatic carbocycles. The van der Waals surface area contributed by atoms with E-state index in [9.17, 15) is 0 Å². The lowest BCUT2D eigenvalue weighted by Gasteiger charge is -2.32. The molecule has 1 aromatic heterocycles. The van der Waals surface area contributed by atoms with Gasteiger partial charge in [-0.05, 0) is 45.8 Å². The van der Waals surface area contributed by atoms with Gasteiger partial charge >= 0.3 is 0 Å². The molecule has 1 fully saturated rings. The number of hydrogen-bond donors (Lipinski definition) is 0. The van der Waals surface area contributed by atoms with E-state index < -0.39 is 0 Å². The molecule has 0 radical (unpaired) electrons. The third kappa shape index (κ3) is 3.19. The number of likely N-dealkylation sites (tertiary alicyclic amines) is 1. The molecule has 3 heteroatoms. The van der Waals surface area contributed by atoms with Crippen LogP contribution in [0.25, 0.3) is 0 Å². The van der Waals surface area contributed by atoms with Crippen LogP contribution in [0.15, 0.2) is 18.3 Å². The quantitative estimate of drug-likeness (QED) is 0.804. The van der Waals surface area contributed by atoms with Crippen molar-refractivity contribution < 1.29 is 4.74 Å². The molecule has 2 rings (SSSR count). The summed E-state index contributed by atoms with van der Waals surface area (Å²) >= 11 is 0. The molecule has 2 heterocycles. The Balaban J connectivity index is 2.06. The summed E-state index contributed by atoms with van der Waals surface area (Å²) in [5.74, 6) is 0.724. The Labute approximate surface area is 104 Å². The minimum atomic E-state index is 0.186. The first-order valence-corrected chi connectivity index (χ1v) is 6.49. The SMILES string of the molecule is CC(C)Oc1ccc([C@H]2CCCCN2C)cn1. The van der Waals surface area contributed by atoms with Crippen LogP contribution < -0.4 is 4.74 Å². The average molecular weight is 234 g/mol. The lowest BCUT2D eigenvalue weighted by atomic mass is 9.97. The first-order chi connectivity index (χ1) is 8.16. The molecule has 94 valence electrons. The van der Waals surface area contributed by atoms with Crippen molar-refractivity contribution in [2.75, 3.05) is 13.6 Å². The molecule has 17 heavy (non-hydrogen) atoms. The molecule has 0 saturated carbocycles. The first kappa shape index (κ1) is 12.4. The molecule has 0 bridgehead atoms. The van der Waals surface area contributed by atoms with Crippen molar-refractivity contribution in [3.05, 3.63) is 23.9 Å². The number of piperidine rings is 1. The van der Waals surface area contributed by atoms with Gasteiger partial charge in [0.15, 0.2) is 0 Å². The predicted molar refractivity (Wildman–Crippen MR) is 69.2 cm³/mol. The van der Waals surface area contributed by atoms with Crippen molar-refractivity contribution in [1.29, 1.82) is 0 Å². The zero-order valence-electron chi connectivity index (χ0n) is 11.0. The van der Waals surface area contributed by atoms with Crippen LogP contribution in [0.5, 0.6) is 5.88 Å². The molecular weight excluding hydrogens is 212 g/mol. The van der Waals surface area contributed by atoms with Crippen LogP contribution in [0.4, 0.5) is 0 Å². The summed E-state index contributed by atoms with van der Waals surface area (Å²) < 4.78 is 5.56. The molecule has 1 aliphatic rings. The molecule has 0 spiro atoms. The summed E-state index contributed by atoms with van der Waals surface area (Å²) in [5, 5.41) is 0. The summed E-state index contributed by atoms with van der Waals surface area (Å²) in [6.45, 7) is 5.23. The third-order valence-electron chi connectivity index (χ3n) is 3.27. The fourth-order valence-electron chi connectivity index (χ4n) is 2.40. The van der Waals surface area contributed by atoms with Gasteiger partial charge in [0.1, 0.15) is 0 Å². The Hall–Kier alpha value is -1.09. The van der Waals surface area contributed by atoms with E-state index in [2.05, 4.69) is 23.0 Å². The molecule has 3 nitrogen and oxygen atoms in total. The minimum absolute atomic E-state index is 0.186. The van der Waals surface area contributed by atoms with E-state index in [0.29, 0.717) is 6.04 Å². The summed E-state index contributed by atoms with van der Waals surface area (Å²) in [6.07, 6.45) is 6.02. The highest BCUT2D eigenvalue weighted by atomic mass is 16.5. The maximum Gasteiger partial charge on any atom is 0.213 e. The molecular formula is C14H22N2O. The number of ether oxygens (including phenoxy) is 1. The van der Waals surface area contributed by atoms with Gasteiger partial charge in [0, 0.05) is 18.3 Å². The van der Waals surface area contributed by atoms with Crippen LogP contribution in [0.3, 0.4) is 0 Å². The molecule has 1 aliphatic heterocycles. The van der Waals surface area contributed by atoms with Gasteiger partial charge in [0.25, 0.3) is 0 Å². The van der Waals surface area contributed by atoms with Crippen LogP contribution in [0.1, 0.15) is 44.7 Å².